The highest BCUT2D eigenvalue weighted by molar-refractivity contribution is 5.79. The van der Waals surface area contributed by atoms with Crippen LogP contribution in [0.1, 0.15) is 33.6 Å². The zero-order valence-electron chi connectivity index (χ0n) is 16.5. The van der Waals surface area contributed by atoms with Gasteiger partial charge in [-0.25, -0.2) is 0 Å². The summed E-state index contributed by atoms with van der Waals surface area (Å²) < 4.78 is 11.1. The maximum atomic E-state index is 6.05. The van der Waals surface area contributed by atoms with Gasteiger partial charge < -0.3 is 25.0 Å². The van der Waals surface area contributed by atoms with E-state index in [-0.39, 0.29) is 5.41 Å². The SMILES string of the molecule is CN=C(NCCN(C)CCOC)NCC1CCCOC1C(C)(C)C. The molecule has 2 unspecified atom stereocenters. The molecule has 0 aromatic rings. The standard InChI is InChI=1S/C18H38N4O2/c1-18(2,3)16-15(8-7-12-24-16)14-21-17(19-4)20-9-10-22(5)11-13-23-6/h15-16H,7-14H2,1-6H3,(H2,19,20,21). The third kappa shape index (κ3) is 7.81. The van der Waals surface area contributed by atoms with Gasteiger partial charge in [-0.05, 0) is 25.3 Å². The molecule has 1 saturated heterocycles. The number of rotatable bonds is 8. The molecular formula is C18H38N4O2. The summed E-state index contributed by atoms with van der Waals surface area (Å²) in [7, 11) is 5.66. The number of likely N-dealkylation sites (N-methyl/N-ethyl adjacent to an activating group) is 1. The molecular weight excluding hydrogens is 304 g/mol. The molecule has 1 fully saturated rings. The number of guanidine groups is 1. The Bertz CT molecular complexity index is 369. The molecule has 1 aliphatic rings. The average molecular weight is 343 g/mol. The molecule has 0 saturated carbocycles. The first-order valence-corrected chi connectivity index (χ1v) is 9.12. The molecule has 0 bridgehead atoms. The molecule has 2 N–H and O–H groups in total. The van der Waals surface area contributed by atoms with Gasteiger partial charge in [0.25, 0.3) is 0 Å². The number of aliphatic imine (C=N–C) groups is 1. The van der Waals surface area contributed by atoms with E-state index in [0.717, 1.165) is 51.8 Å². The fraction of sp³-hybridized carbons (Fsp3) is 0.944. The Balaban J connectivity index is 2.34. The molecule has 0 aromatic carbocycles. The van der Waals surface area contributed by atoms with E-state index in [4.69, 9.17) is 9.47 Å². The minimum absolute atomic E-state index is 0.174. The van der Waals surface area contributed by atoms with Gasteiger partial charge in [0.05, 0.1) is 12.7 Å². The Morgan fingerprint density at radius 1 is 1.29 bits per heavy atom. The van der Waals surface area contributed by atoms with Gasteiger partial charge >= 0.3 is 0 Å². The molecule has 1 aliphatic heterocycles. The maximum Gasteiger partial charge on any atom is 0.191 e. The molecule has 0 aliphatic carbocycles. The van der Waals surface area contributed by atoms with Crippen LogP contribution < -0.4 is 10.6 Å². The van der Waals surface area contributed by atoms with Crippen LogP contribution in [0.3, 0.4) is 0 Å². The molecule has 0 radical (unpaired) electrons. The Labute approximate surface area is 148 Å². The van der Waals surface area contributed by atoms with Crippen molar-refractivity contribution in [1.29, 1.82) is 0 Å². The highest BCUT2D eigenvalue weighted by Crippen LogP contribution is 2.33. The van der Waals surface area contributed by atoms with Crippen LogP contribution in [-0.2, 0) is 9.47 Å². The van der Waals surface area contributed by atoms with Crippen LogP contribution in [0.25, 0.3) is 0 Å². The lowest BCUT2D eigenvalue weighted by molar-refractivity contribution is -0.0835. The maximum absolute atomic E-state index is 6.05. The second kappa shape index (κ2) is 10.9. The van der Waals surface area contributed by atoms with Crippen LogP contribution in [-0.4, -0.2) is 77.6 Å². The average Bonchev–Trinajstić information content (AvgIpc) is 2.55. The van der Waals surface area contributed by atoms with Gasteiger partial charge in [-0.2, -0.15) is 0 Å². The van der Waals surface area contributed by atoms with Gasteiger partial charge in [0.2, 0.25) is 0 Å². The van der Waals surface area contributed by atoms with Crippen molar-refractivity contribution < 1.29 is 9.47 Å². The van der Waals surface area contributed by atoms with Crippen molar-refractivity contribution in [3.05, 3.63) is 0 Å². The summed E-state index contributed by atoms with van der Waals surface area (Å²) in [6, 6.07) is 0. The summed E-state index contributed by atoms with van der Waals surface area (Å²) in [4.78, 5) is 6.57. The van der Waals surface area contributed by atoms with Crippen molar-refractivity contribution in [1.82, 2.24) is 15.5 Å². The largest absolute Gasteiger partial charge is 0.383 e. The molecule has 6 heteroatoms. The zero-order valence-corrected chi connectivity index (χ0v) is 16.5. The molecule has 6 nitrogen and oxygen atoms in total. The Morgan fingerprint density at radius 3 is 2.67 bits per heavy atom. The van der Waals surface area contributed by atoms with Crippen molar-refractivity contribution >= 4 is 5.96 Å². The van der Waals surface area contributed by atoms with E-state index in [0.29, 0.717) is 12.0 Å². The van der Waals surface area contributed by atoms with Gasteiger partial charge in [-0.3, -0.25) is 4.99 Å². The summed E-state index contributed by atoms with van der Waals surface area (Å²) >= 11 is 0. The van der Waals surface area contributed by atoms with E-state index < -0.39 is 0 Å². The predicted molar refractivity (Wildman–Crippen MR) is 101 cm³/mol. The van der Waals surface area contributed by atoms with Crippen molar-refractivity contribution in [2.24, 2.45) is 16.3 Å². The third-order valence-corrected chi connectivity index (χ3v) is 4.52. The van der Waals surface area contributed by atoms with Crippen molar-refractivity contribution in [3.8, 4) is 0 Å². The van der Waals surface area contributed by atoms with Crippen LogP contribution in [0, 0.1) is 11.3 Å². The minimum Gasteiger partial charge on any atom is -0.383 e. The van der Waals surface area contributed by atoms with Gasteiger partial charge in [0.15, 0.2) is 5.96 Å². The van der Waals surface area contributed by atoms with Crippen molar-refractivity contribution in [2.75, 3.05) is 60.6 Å². The fourth-order valence-corrected chi connectivity index (χ4v) is 3.18. The molecule has 2 atom stereocenters. The van der Waals surface area contributed by atoms with E-state index in [1.165, 1.54) is 6.42 Å². The number of nitrogens with one attached hydrogen (secondary N) is 2. The molecule has 0 amide bonds. The van der Waals surface area contributed by atoms with Crippen LogP contribution in [0.2, 0.25) is 0 Å². The number of hydrogen-bond donors (Lipinski definition) is 2. The summed E-state index contributed by atoms with van der Waals surface area (Å²) in [5.41, 5.74) is 0.174. The lowest BCUT2D eigenvalue weighted by Gasteiger charge is -2.40. The smallest absolute Gasteiger partial charge is 0.191 e. The summed E-state index contributed by atoms with van der Waals surface area (Å²) in [5.74, 6) is 1.40. The fourth-order valence-electron chi connectivity index (χ4n) is 3.18. The third-order valence-electron chi connectivity index (χ3n) is 4.52. The molecule has 1 rings (SSSR count). The summed E-state index contributed by atoms with van der Waals surface area (Å²) in [6.07, 6.45) is 2.66. The van der Waals surface area contributed by atoms with Crippen LogP contribution in [0.15, 0.2) is 4.99 Å². The highest BCUT2D eigenvalue weighted by Gasteiger charge is 2.35. The second-order valence-corrected chi connectivity index (χ2v) is 7.74. The van der Waals surface area contributed by atoms with Gasteiger partial charge in [0.1, 0.15) is 0 Å². The number of nitrogens with zero attached hydrogens (tertiary/aromatic N) is 2. The van der Waals surface area contributed by atoms with Gasteiger partial charge in [-0.15, -0.1) is 0 Å². The highest BCUT2D eigenvalue weighted by atomic mass is 16.5. The number of methoxy groups -OCH3 is 1. The molecule has 1 heterocycles. The zero-order chi connectivity index (χ0) is 18.0. The number of hydrogen-bond acceptors (Lipinski definition) is 4. The first kappa shape index (κ1) is 21.2. The first-order chi connectivity index (χ1) is 11.4. The Kier molecular flexibility index (Phi) is 9.63. The molecule has 142 valence electrons. The van der Waals surface area contributed by atoms with Crippen LogP contribution >= 0.6 is 0 Å². The van der Waals surface area contributed by atoms with Crippen LogP contribution in [0.5, 0.6) is 0 Å². The van der Waals surface area contributed by atoms with Gasteiger partial charge in [0, 0.05) is 52.9 Å². The van der Waals surface area contributed by atoms with Gasteiger partial charge in [-0.1, -0.05) is 20.8 Å². The van der Waals surface area contributed by atoms with E-state index in [1.54, 1.807) is 7.11 Å². The quantitative estimate of drug-likeness (QED) is 0.518. The lowest BCUT2D eigenvalue weighted by atomic mass is 9.78. The normalized spacial score (nSPS) is 22.7. The molecule has 0 spiro atoms. The molecule has 24 heavy (non-hydrogen) atoms. The van der Waals surface area contributed by atoms with E-state index >= 15 is 0 Å². The Hall–Kier alpha value is -0.850. The lowest BCUT2D eigenvalue weighted by Crippen LogP contribution is -2.48. The second-order valence-electron chi connectivity index (χ2n) is 7.74. The van der Waals surface area contributed by atoms with Crippen molar-refractivity contribution in [3.63, 3.8) is 0 Å². The summed E-state index contributed by atoms with van der Waals surface area (Å²) in [6.45, 7) is 12.1. The Morgan fingerprint density at radius 2 is 2.04 bits per heavy atom. The van der Waals surface area contributed by atoms with E-state index in [2.05, 4.69) is 48.3 Å². The summed E-state index contributed by atoms with van der Waals surface area (Å²) in [5, 5.41) is 6.86. The predicted octanol–water partition coefficient (Wildman–Crippen LogP) is 1.57. The van der Waals surface area contributed by atoms with Crippen LogP contribution in [0.4, 0.5) is 0 Å². The van der Waals surface area contributed by atoms with E-state index in [1.807, 2.05) is 7.05 Å². The van der Waals surface area contributed by atoms with Crippen molar-refractivity contribution in [2.45, 2.75) is 39.7 Å². The minimum atomic E-state index is 0.174. The molecule has 0 aromatic heterocycles. The number of ether oxygens (including phenoxy) is 2. The van der Waals surface area contributed by atoms with E-state index in [9.17, 15) is 0 Å². The topological polar surface area (TPSA) is 58.1 Å². The first-order valence-electron chi connectivity index (χ1n) is 9.12. The monoisotopic (exact) mass is 342 g/mol.